The van der Waals surface area contributed by atoms with Gasteiger partial charge in [0.15, 0.2) is 23.3 Å². The van der Waals surface area contributed by atoms with Gasteiger partial charge in [-0.3, -0.25) is 4.79 Å². The van der Waals surface area contributed by atoms with E-state index in [2.05, 4.69) is 5.32 Å². The second-order valence-corrected chi connectivity index (χ2v) is 5.46. The third kappa shape index (κ3) is 2.81. The van der Waals surface area contributed by atoms with E-state index in [1.165, 1.54) is 0 Å². The van der Waals surface area contributed by atoms with Crippen molar-refractivity contribution in [2.75, 3.05) is 0 Å². The number of carbonyl (C=O) groups is 1. The van der Waals surface area contributed by atoms with E-state index in [1.54, 1.807) is 0 Å². The Bertz CT molecular complexity index is 775. The van der Waals surface area contributed by atoms with E-state index < -0.39 is 34.7 Å². The number of fused-ring (bicyclic) bond motifs is 1. The lowest BCUT2D eigenvalue weighted by Crippen LogP contribution is -2.32. The molecular formula is C17H13F4NO. The summed E-state index contributed by atoms with van der Waals surface area (Å²) in [6.07, 6.45) is 2.34. The Morgan fingerprint density at radius 1 is 1.04 bits per heavy atom. The van der Waals surface area contributed by atoms with Crippen molar-refractivity contribution in [1.29, 1.82) is 0 Å². The second kappa shape index (κ2) is 6.02. The van der Waals surface area contributed by atoms with Gasteiger partial charge in [-0.05, 0) is 36.5 Å². The molecule has 6 heteroatoms. The van der Waals surface area contributed by atoms with E-state index in [-0.39, 0.29) is 6.04 Å². The first-order valence-corrected chi connectivity index (χ1v) is 7.20. The minimum absolute atomic E-state index is 0.372. The SMILES string of the molecule is O=C(N[C@@H]1CCCc2ccccc21)c1cc(F)c(F)c(F)c1F. The lowest BCUT2D eigenvalue weighted by molar-refractivity contribution is 0.0926. The van der Waals surface area contributed by atoms with Gasteiger partial charge in [-0.15, -0.1) is 0 Å². The molecule has 0 spiro atoms. The molecular weight excluding hydrogens is 310 g/mol. The van der Waals surface area contributed by atoms with Crippen molar-refractivity contribution in [3.8, 4) is 0 Å². The van der Waals surface area contributed by atoms with Crippen LogP contribution in [0.3, 0.4) is 0 Å². The lowest BCUT2D eigenvalue weighted by atomic mass is 9.87. The number of carbonyl (C=O) groups excluding carboxylic acids is 1. The minimum Gasteiger partial charge on any atom is -0.345 e. The van der Waals surface area contributed by atoms with Crippen LogP contribution in [0.15, 0.2) is 30.3 Å². The van der Waals surface area contributed by atoms with E-state index >= 15 is 0 Å². The maximum Gasteiger partial charge on any atom is 0.254 e. The number of rotatable bonds is 2. The van der Waals surface area contributed by atoms with Crippen molar-refractivity contribution in [2.45, 2.75) is 25.3 Å². The van der Waals surface area contributed by atoms with Gasteiger partial charge in [0.1, 0.15) is 0 Å². The number of nitrogens with one attached hydrogen (secondary N) is 1. The largest absolute Gasteiger partial charge is 0.345 e. The summed E-state index contributed by atoms with van der Waals surface area (Å²) in [6.45, 7) is 0. The molecule has 1 amide bonds. The van der Waals surface area contributed by atoms with Crippen LogP contribution in [0.25, 0.3) is 0 Å². The Morgan fingerprint density at radius 3 is 2.57 bits per heavy atom. The van der Waals surface area contributed by atoms with Gasteiger partial charge in [0.2, 0.25) is 0 Å². The maximum atomic E-state index is 13.7. The van der Waals surface area contributed by atoms with Crippen molar-refractivity contribution in [1.82, 2.24) is 5.32 Å². The predicted molar refractivity (Wildman–Crippen MR) is 75.9 cm³/mol. The molecule has 2 aromatic carbocycles. The number of halogens is 4. The molecule has 3 rings (SSSR count). The van der Waals surface area contributed by atoms with Crippen molar-refractivity contribution in [3.63, 3.8) is 0 Å². The molecule has 0 bridgehead atoms. The standard InChI is InChI=1S/C17H13F4NO/c18-12-8-11(14(19)16(21)15(12)20)17(23)22-13-7-3-5-9-4-1-2-6-10(9)13/h1-2,4,6,8,13H,3,5,7H2,(H,22,23)/t13-/m1/s1. The summed E-state index contributed by atoms with van der Waals surface area (Å²) in [5.74, 6) is -8.17. The topological polar surface area (TPSA) is 29.1 Å². The maximum absolute atomic E-state index is 13.7. The Kier molecular flexibility index (Phi) is 4.07. The number of hydrogen-bond donors (Lipinski definition) is 1. The summed E-state index contributed by atoms with van der Waals surface area (Å²) in [4.78, 5) is 12.2. The Hall–Kier alpha value is -2.37. The molecule has 0 fully saturated rings. The first kappa shape index (κ1) is 15.5. The second-order valence-electron chi connectivity index (χ2n) is 5.46. The molecule has 1 N–H and O–H groups in total. The molecule has 0 saturated carbocycles. The average Bonchev–Trinajstić information content (AvgIpc) is 2.56. The summed E-state index contributed by atoms with van der Waals surface area (Å²) < 4.78 is 53.2. The highest BCUT2D eigenvalue weighted by molar-refractivity contribution is 5.94. The Balaban J connectivity index is 1.89. The van der Waals surface area contributed by atoms with Crippen LogP contribution in [-0.2, 0) is 6.42 Å². The van der Waals surface area contributed by atoms with Gasteiger partial charge in [0.05, 0.1) is 11.6 Å². The van der Waals surface area contributed by atoms with Crippen LogP contribution < -0.4 is 5.32 Å². The van der Waals surface area contributed by atoms with Gasteiger partial charge >= 0.3 is 0 Å². The molecule has 0 heterocycles. The van der Waals surface area contributed by atoms with Crippen molar-refractivity contribution in [2.24, 2.45) is 0 Å². The average molecular weight is 323 g/mol. The van der Waals surface area contributed by atoms with E-state index in [0.717, 1.165) is 24.0 Å². The quantitative estimate of drug-likeness (QED) is 0.504. The predicted octanol–water partition coefficient (Wildman–Crippen LogP) is 4.05. The molecule has 0 unspecified atom stereocenters. The molecule has 2 aromatic rings. The molecule has 1 aliphatic rings. The van der Waals surface area contributed by atoms with Gasteiger partial charge in [-0.25, -0.2) is 17.6 Å². The lowest BCUT2D eigenvalue weighted by Gasteiger charge is -2.26. The highest BCUT2D eigenvalue weighted by atomic mass is 19.2. The van der Waals surface area contributed by atoms with Crippen LogP contribution in [0.5, 0.6) is 0 Å². The van der Waals surface area contributed by atoms with Crippen LogP contribution >= 0.6 is 0 Å². The zero-order chi connectivity index (χ0) is 16.6. The zero-order valence-electron chi connectivity index (χ0n) is 12.0. The number of amides is 1. The molecule has 120 valence electrons. The Morgan fingerprint density at radius 2 is 1.78 bits per heavy atom. The highest BCUT2D eigenvalue weighted by Crippen LogP contribution is 2.30. The van der Waals surface area contributed by atoms with Crippen LogP contribution in [0.4, 0.5) is 17.6 Å². The van der Waals surface area contributed by atoms with E-state index in [4.69, 9.17) is 0 Å². The fourth-order valence-electron chi connectivity index (χ4n) is 2.88. The summed E-state index contributed by atoms with van der Waals surface area (Å²) in [5.41, 5.74) is 1.13. The van der Waals surface area contributed by atoms with Crippen molar-refractivity contribution < 1.29 is 22.4 Å². The monoisotopic (exact) mass is 323 g/mol. The van der Waals surface area contributed by atoms with E-state index in [9.17, 15) is 22.4 Å². The van der Waals surface area contributed by atoms with Crippen LogP contribution in [0.1, 0.15) is 40.4 Å². The summed E-state index contributed by atoms with van der Waals surface area (Å²) in [7, 11) is 0. The summed E-state index contributed by atoms with van der Waals surface area (Å²) in [6, 6.07) is 7.49. The van der Waals surface area contributed by atoms with Gasteiger partial charge < -0.3 is 5.32 Å². The third-order valence-electron chi connectivity index (χ3n) is 4.02. The molecule has 1 aliphatic carbocycles. The number of benzene rings is 2. The number of hydrogen-bond acceptors (Lipinski definition) is 1. The molecule has 0 aliphatic heterocycles. The van der Waals surface area contributed by atoms with E-state index in [0.29, 0.717) is 12.5 Å². The molecule has 0 aromatic heterocycles. The van der Waals surface area contributed by atoms with Gasteiger partial charge in [-0.1, -0.05) is 24.3 Å². The summed E-state index contributed by atoms with van der Waals surface area (Å²) >= 11 is 0. The molecule has 0 saturated heterocycles. The first-order chi connectivity index (χ1) is 11.0. The highest BCUT2D eigenvalue weighted by Gasteiger charge is 2.26. The third-order valence-corrected chi connectivity index (χ3v) is 4.02. The van der Waals surface area contributed by atoms with E-state index in [1.807, 2.05) is 24.3 Å². The van der Waals surface area contributed by atoms with Crippen molar-refractivity contribution >= 4 is 5.91 Å². The van der Waals surface area contributed by atoms with Crippen LogP contribution in [0.2, 0.25) is 0 Å². The smallest absolute Gasteiger partial charge is 0.254 e. The normalized spacial score (nSPS) is 16.8. The number of aryl methyl sites for hydroxylation is 1. The molecule has 0 radical (unpaired) electrons. The fraction of sp³-hybridized carbons (Fsp3) is 0.235. The Labute approximate surface area is 130 Å². The molecule has 1 atom stereocenters. The first-order valence-electron chi connectivity index (χ1n) is 7.20. The van der Waals surface area contributed by atoms with Gasteiger partial charge in [0, 0.05) is 0 Å². The van der Waals surface area contributed by atoms with Gasteiger partial charge in [-0.2, -0.15) is 0 Å². The molecule has 23 heavy (non-hydrogen) atoms. The fourth-order valence-corrected chi connectivity index (χ4v) is 2.88. The zero-order valence-corrected chi connectivity index (χ0v) is 12.0. The van der Waals surface area contributed by atoms with Crippen LogP contribution in [0, 0.1) is 23.3 Å². The van der Waals surface area contributed by atoms with Gasteiger partial charge in [0.25, 0.3) is 5.91 Å². The summed E-state index contributed by atoms with van der Waals surface area (Å²) in [5, 5.41) is 2.57. The molecule has 2 nitrogen and oxygen atoms in total. The van der Waals surface area contributed by atoms with Crippen molar-refractivity contribution in [3.05, 3.63) is 70.3 Å². The minimum atomic E-state index is -1.99. The van der Waals surface area contributed by atoms with Crippen LogP contribution in [-0.4, -0.2) is 5.91 Å².